The van der Waals surface area contributed by atoms with Gasteiger partial charge in [0.1, 0.15) is 11.6 Å². The summed E-state index contributed by atoms with van der Waals surface area (Å²) in [5.41, 5.74) is 0. The Balaban J connectivity index is 2.04. The third-order valence-electron chi connectivity index (χ3n) is 2.61. The van der Waals surface area contributed by atoms with E-state index in [2.05, 4.69) is 4.74 Å². The SMILES string of the molecule is O=C(N1CCOCC1)C(F)(F)Oc1ccc(F)cc1. The Kier molecular flexibility index (Phi) is 3.94. The fourth-order valence-electron chi connectivity index (χ4n) is 1.64. The Hall–Kier alpha value is -1.76. The summed E-state index contributed by atoms with van der Waals surface area (Å²) in [5, 5.41) is 0. The highest BCUT2D eigenvalue weighted by Crippen LogP contribution is 2.24. The Morgan fingerprint density at radius 1 is 1.21 bits per heavy atom. The smallest absolute Gasteiger partial charge is 0.425 e. The number of amides is 1. The van der Waals surface area contributed by atoms with Crippen molar-refractivity contribution in [2.24, 2.45) is 0 Å². The average molecular weight is 275 g/mol. The summed E-state index contributed by atoms with van der Waals surface area (Å²) >= 11 is 0. The molecule has 0 aliphatic carbocycles. The van der Waals surface area contributed by atoms with Crippen LogP contribution in [-0.4, -0.2) is 43.2 Å². The van der Waals surface area contributed by atoms with E-state index < -0.39 is 17.8 Å². The second kappa shape index (κ2) is 5.48. The van der Waals surface area contributed by atoms with Gasteiger partial charge in [0.15, 0.2) is 0 Å². The number of carbonyl (C=O) groups is 1. The number of hydrogen-bond acceptors (Lipinski definition) is 3. The van der Waals surface area contributed by atoms with Crippen LogP contribution < -0.4 is 4.74 Å². The van der Waals surface area contributed by atoms with Gasteiger partial charge in [0.25, 0.3) is 0 Å². The third kappa shape index (κ3) is 3.37. The summed E-state index contributed by atoms with van der Waals surface area (Å²) in [6.07, 6.45) is -3.98. The number of halogens is 3. The van der Waals surface area contributed by atoms with Crippen molar-refractivity contribution < 1.29 is 27.4 Å². The molecule has 0 N–H and O–H groups in total. The fraction of sp³-hybridized carbons (Fsp3) is 0.417. The minimum atomic E-state index is -3.98. The van der Waals surface area contributed by atoms with Gasteiger partial charge < -0.3 is 14.4 Å². The Morgan fingerprint density at radius 3 is 2.37 bits per heavy atom. The lowest BCUT2D eigenvalue weighted by Gasteiger charge is -2.29. The van der Waals surface area contributed by atoms with Gasteiger partial charge in [-0.25, -0.2) is 4.39 Å². The molecule has 4 nitrogen and oxygen atoms in total. The molecule has 0 unspecified atom stereocenters. The van der Waals surface area contributed by atoms with E-state index >= 15 is 0 Å². The molecule has 1 fully saturated rings. The highest BCUT2D eigenvalue weighted by atomic mass is 19.3. The largest absolute Gasteiger partial charge is 0.482 e. The van der Waals surface area contributed by atoms with Crippen molar-refractivity contribution in [3.05, 3.63) is 30.1 Å². The third-order valence-corrected chi connectivity index (χ3v) is 2.61. The van der Waals surface area contributed by atoms with E-state index in [0.29, 0.717) is 0 Å². The van der Waals surface area contributed by atoms with Gasteiger partial charge in [-0.1, -0.05) is 0 Å². The molecular formula is C12H12F3NO3. The Labute approximate surface area is 107 Å². The van der Waals surface area contributed by atoms with E-state index in [1.165, 1.54) is 0 Å². The molecule has 1 amide bonds. The maximum Gasteiger partial charge on any atom is 0.482 e. The van der Waals surface area contributed by atoms with Crippen LogP contribution in [0.2, 0.25) is 0 Å². The maximum absolute atomic E-state index is 13.6. The molecule has 0 aromatic heterocycles. The quantitative estimate of drug-likeness (QED) is 0.842. The molecule has 1 aromatic rings. The predicted octanol–water partition coefficient (Wildman–Crippen LogP) is 1.66. The van der Waals surface area contributed by atoms with Crippen molar-refractivity contribution in [2.45, 2.75) is 6.11 Å². The first-order valence-corrected chi connectivity index (χ1v) is 5.68. The molecule has 0 bridgehead atoms. The molecule has 7 heteroatoms. The Bertz CT molecular complexity index is 444. The summed E-state index contributed by atoms with van der Waals surface area (Å²) in [6.45, 7) is 0.638. The van der Waals surface area contributed by atoms with Crippen LogP contribution in [0.5, 0.6) is 5.75 Å². The molecule has 0 atom stereocenters. The van der Waals surface area contributed by atoms with Crippen LogP contribution in [0.4, 0.5) is 13.2 Å². The molecule has 19 heavy (non-hydrogen) atoms. The van der Waals surface area contributed by atoms with Gasteiger partial charge in [0, 0.05) is 13.1 Å². The van der Waals surface area contributed by atoms with Crippen LogP contribution in [0.25, 0.3) is 0 Å². The molecular weight excluding hydrogens is 263 g/mol. The van der Waals surface area contributed by atoms with Crippen molar-refractivity contribution in [1.29, 1.82) is 0 Å². The van der Waals surface area contributed by atoms with Crippen LogP contribution in [0.3, 0.4) is 0 Å². The number of benzene rings is 1. The molecule has 1 aromatic carbocycles. The lowest BCUT2D eigenvalue weighted by Crippen LogP contribution is -2.51. The summed E-state index contributed by atoms with van der Waals surface area (Å²) in [7, 11) is 0. The zero-order valence-electron chi connectivity index (χ0n) is 9.94. The lowest BCUT2D eigenvalue weighted by molar-refractivity contribution is -0.206. The average Bonchev–Trinajstić information content (AvgIpc) is 2.41. The van der Waals surface area contributed by atoms with Crippen molar-refractivity contribution in [2.75, 3.05) is 26.3 Å². The number of morpholine rings is 1. The van der Waals surface area contributed by atoms with Crippen LogP contribution >= 0.6 is 0 Å². The molecule has 0 saturated carbocycles. The van der Waals surface area contributed by atoms with Gasteiger partial charge >= 0.3 is 12.0 Å². The molecule has 1 saturated heterocycles. The summed E-state index contributed by atoms with van der Waals surface area (Å²) < 4.78 is 49.2. The number of nitrogens with zero attached hydrogens (tertiary/aromatic N) is 1. The Morgan fingerprint density at radius 2 is 1.79 bits per heavy atom. The van der Waals surface area contributed by atoms with Gasteiger partial charge in [0.2, 0.25) is 0 Å². The first-order chi connectivity index (χ1) is 8.99. The fourth-order valence-corrected chi connectivity index (χ4v) is 1.64. The monoisotopic (exact) mass is 275 g/mol. The highest BCUT2D eigenvalue weighted by molar-refractivity contribution is 5.82. The highest BCUT2D eigenvalue weighted by Gasteiger charge is 2.45. The second-order valence-electron chi connectivity index (χ2n) is 3.98. The van der Waals surface area contributed by atoms with E-state index in [0.717, 1.165) is 29.2 Å². The van der Waals surface area contributed by atoms with Crippen LogP contribution in [0.1, 0.15) is 0 Å². The molecule has 1 aliphatic heterocycles. The van der Waals surface area contributed by atoms with E-state index in [4.69, 9.17) is 4.74 Å². The van der Waals surface area contributed by atoms with Gasteiger partial charge in [-0.15, -0.1) is 0 Å². The number of rotatable bonds is 3. The number of alkyl halides is 2. The normalized spacial score (nSPS) is 16.3. The van der Waals surface area contributed by atoms with Crippen LogP contribution in [0.15, 0.2) is 24.3 Å². The molecule has 1 heterocycles. The maximum atomic E-state index is 13.6. The van der Waals surface area contributed by atoms with Crippen molar-refractivity contribution in [3.63, 3.8) is 0 Å². The molecule has 0 spiro atoms. The zero-order chi connectivity index (χ0) is 13.9. The minimum absolute atomic E-state index is 0.0984. The van der Waals surface area contributed by atoms with Crippen LogP contribution in [0, 0.1) is 5.82 Å². The molecule has 2 rings (SSSR count). The van der Waals surface area contributed by atoms with Crippen molar-refractivity contribution >= 4 is 5.91 Å². The number of ether oxygens (including phenoxy) is 2. The van der Waals surface area contributed by atoms with Crippen molar-refractivity contribution in [3.8, 4) is 5.75 Å². The van der Waals surface area contributed by atoms with Gasteiger partial charge in [-0.05, 0) is 24.3 Å². The van der Waals surface area contributed by atoms with E-state index in [1.807, 2.05) is 0 Å². The first-order valence-electron chi connectivity index (χ1n) is 5.68. The predicted molar refractivity (Wildman–Crippen MR) is 59.4 cm³/mol. The van der Waals surface area contributed by atoms with E-state index in [1.54, 1.807) is 0 Å². The summed E-state index contributed by atoms with van der Waals surface area (Å²) in [5.74, 6) is -2.26. The first kappa shape index (κ1) is 13.7. The molecule has 1 aliphatic rings. The summed E-state index contributed by atoms with van der Waals surface area (Å²) in [4.78, 5) is 12.6. The van der Waals surface area contributed by atoms with E-state index in [-0.39, 0.29) is 32.1 Å². The van der Waals surface area contributed by atoms with E-state index in [9.17, 15) is 18.0 Å². The van der Waals surface area contributed by atoms with Crippen LogP contribution in [-0.2, 0) is 9.53 Å². The standard InChI is InChI=1S/C12H12F3NO3/c13-9-1-3-10(4-2-9)19-12(14,15)11(17)16-5-7-18-8-6-16/h1-4H,5-8H2. The molecule has 104 valence electrons. The second-order valence-corrected chi connectivity index (χ2v) is 3.98. The van der Waals surface area contributed by atoms with Gasteiger partial charge in [0.05, 0.1) is 13.2 Å². The summed E-state index contributed by atoms with van der Waals surface area (Å²) in [6, 6.07) is 4.03. The lowest BCUT2D eigenvalue weighted by atomic mass is 10.3. The van der Waals surface area contributed by atoms with Gasteiger partial charge in [-0.3, -0.25) is 4.79 Å². The number of carbonyl (C=O) groups excluding carboxylic acids is 1. The number of hydrogen-bond donors (Lipinski definition) is 0. The zero-order valence-corrected chi connectivity index (χ0v) is 9.94. The molecule has 0 radical (unpaired) electrons. The topological polar surface area (TPSA) is 38.8 Å². The minimum Gasteiger partial charge on any atom is -0.425 e. The van der Waals surface area contributed by atoms with Crippen molar-refractivity contribution in [1.82, 2.24) is 4.90 Å². The van der Waals surface area contributed by atoms with Gasteiger partial charge in [-0.2, -0.15) is 8.78 Å².